The molecule has 146 valence electrons. The number of rotatable bonds is 7. The first-order valence-corrected chi connectivity index (χ1v) is 10.9. The van der Waals surface area contributed by atoms with Gasteiger partial charge in [0.2, 0.25) is 0 Å². The van der Waals surface area contributed by atoms with Crippen LogP contribution in [0.2, 0.25) is 0 Å². The Kier molecular flexibility index (Phi) is 8.28. The Labute approximate surface area is 154 Å². The lowest BCUT2D eigenvalue weighted by Gasteiger charge is -2.17. The number of hydrogen-bond acceptors (Lipinski definition) is 6. The van der Waals surface area contributed by atoms with Gasteiger partial charge in [0.15, 0.2) is 0 Å². The predicted octanol–water partition coefficient (Wildman–Crippen LogP) is 2.09. The molecular formula is C16H24N2O6S2. The molecule has 0 atom stereocenters. The highest BCUT2D eigenvalue weighted by atomic mass is 32.2. The van der Waals surface area contributed by atoms with Gasteiger partial charge in [-0.1, -0.05) is 24.3 Å². The van der Waals surface area contributed by atoms with Crippen molar-refractivity contribution in [3.8, 4) is 0 Å². The van der Waals surface area contributed by atoms with Crippen molar-refractivity contribution in [3.63, 3.8) is 0 Å². The lowest BCUT2D eigenvalue weighted by Crippen LogP contribution is -2.23. The van der Waals surface area contributed by atoms with Crippen LogP contribution in [-0.4, -0.2) is 54.7 Å². The van der Waals surface area contributed by atoms with E-state index < -0.39 is 20.2 Å². The van der Waals surface area contributed by atoms with E-state index in [1.54, 1.807) is 18.3 Å². The van der Waals surface area contributed by atoms with Gasteiger partial charge in [0, 0.05) is 18.9 Å². The minimum atomic E-state index is -4.02. The van der Waals surface area contributed by atoms with Gasteiger partial charge in [-0.05, 0) is 38.1 Å². The van der Waals surface area contributed by atoms with Gasteiger partial charge in [-0.2, -0.15) is 16.8 Å². The first-order chi connectivity index (χ1) is 12.0. The van der Waals surface area contributed by atoms with E-state index in [9.17, 15) is 16.8 Å². The molecule has 0 bridgehead atoms. The molecule has 8 nitrogen and oxygen atoms in total. The van der Waals surface area contributed by atoms with Gasteiger partial charge in [-0.15, -0.1) is 0 Å². The number of nitrogens with zero attached hydrogens (tertiary/aromatic N) is 2. The predicted molar refractivity (Wildman–Crippen MR) is 99.4 cm³/mol. The highest BCUT2D eigenvalue weighted by molar-refractivity contribution is 7.86. The molecule has 0 saturated heterocycles. The lowest BCUT2D eigenvalue weighted by atomic mass is 10.2. The summed E-state index contributed by atoms with van der Waals surface area (Å²) in [6, 6.07) is 5.99. The first-order valence-electron chi connectivity index (χ1n) is 7.81. The third-order valence-corrected chi connectivity index (χ3v) is 5.14. The van der Waals surface area contributed by atoms with Crippen molar-refractivity contribution in [2.75, 3.05) is 19.0 Å². The third kappa shape index (κ3) is 8.99. The van der Waals surface area contributed by atoms with Crippen molar-refractivity contribution < 1.29 is 25.9 Å². The zero-order chi connectivity index (χ0) is 19.8. The average Bonchev–Trinajstić information content (AvgIpc) is 2.99. The summed E-state index contributed by atoms with van der Waals surface area (Å²) in [4.78, 5) is 3.93. The van der Waals surface area contributed by atoms with E-state index in [2.05, 4.69) is 11.5 Å². The number of hydrogen-bond donors (Lipinski definition) is 2. The molecule has 10 heteroatoms. The van der Waals surface area contributed by atoms with Crippen molar-refractivity contribution in [1.29, 1.82) is 0 Å². The highest BCUT2D eigenvalue weighted by Crippen LogP contribution is 2.09. The summed E-state index contributed by atoms with van der Waals surface area (Å²) in [5.41, 5.74) is 0.956. The molecule has 1 aliphatic rings. The van der Waals surface area contributed by atoms with Gasteiger partial charge >= 0.3 is 0 Å². The van der Waals surface area contributed by atoms with Crippen LogP contribution < -0.4 is 0 Å². The Morgan fingerprint density at radius 3 is 2.15 bits per heavy atom. The standard InChI is InChI=1S/C9H16N2O3S.C7H8O3S/c1-2-10-6-7-11(9-10)5-3-4-8-15(12,13)14;1-6-2-4-7(5-3-6)11(8,9)10/h2,6-7H,1,3-5,8-9H2,(H,12,13,14);2-5H,1H3,(H,8,9,10). The smallest absolute Gasteiger partial charge is 0.294 e. The van der Waals surface area contributed by atoms with Gasteiger partial charge in [0.25, 0.3) is 20.2 Å². The van der Waals surface area contributed by atoms with Crippen LogP contribution in [0.1, 0.15) is 18.4 Å². The number of benzene rings is 1. The quantitative estimate of drug-likeness (QED) is 0.524. The monoisotopic (exact) mass is 404 g/mol. The minimum Gasteiger partial charge on any atom is -0.358 e. The molecule has 1 heterocycles. The molecule has 2 N–H and O–H groups in total. The van der Waals surface area contributed by atoms with Crippen LogP contribution in [0, 0.1) is 6.92 Å². The van der Waals surface area contributed by atoms with E-state index in [0.717, 1.165) is 25.2 Å². The highest BCUT2D eigenvalue weighted by Gasteiger charge is 2.10. The Balaban J connectivity index is 0.000000273. The topological polar surface area (TPSA) is 115 Å². The molecule has 0 radical (unpaired) electrons. The van der Waals surface area contributed by atoms with Crippen molar-refractivity contribution in [2.24, 2.45) is 0 Å². The third-order valence-electron chi connectivity index (χ3n) is 3.46. The molecule has 0 fully saturated rings. The molecule has 2 rings (SSSR count). The molecule has 0 unspecified atom stereocenters. The van der Waals surface area contributed by atoms with Crippen LogP contribution >= 0.6 is 0 Å². The second-order valence-corrected chi connectivity index (χ2v) is 8.72. The summed E-state index contributed by atoms with van der Waals surface area (Å²) in [6.45, 7) is 7.03. The van der Waals surface area contributed by atoms with E-state index in [0.29, 0.717) is 6.42 Å². The van der Waals surface area contributed by atoms with Crippen molar-refractivity contribution in [3.05, 3.63) is 55.0 Å². The van der Waals surface area contributed by atoms with Crippen LogP contribution in [0.3, 0.4) is 0 Å². The molecule has 1 aromatic carbocycles. The second kappa shape index (κ2) is 9.72. The Morgan fingerprint density at radius 2 is 1.69 bits per heavy atom. The Morgan fingerprint density at radius 1 is 1.08 bits per heavy atom. The van der Waals surface area contributed by atoms with E-state index in [-0.39, 0.29) is 10.6 Å². The summed E-state index contributed by atoms with van der Waals surface area (Å²) in [5.74, 6) is -0.157. The van der Waals surface area contributed by atoms with Crippen LogP contribution in [-0.2, 0) is 20.2 Å². The molecule has 1 aliphatic heterocycles. The van der Waals surface area contributed by atoms with Crippen molar-refractivity contribution in [2.45, 2.75) is 24.7 Å². The summed E-state index contributed by atoms with van der Waals surface area (Å²) in [7, 11) is -7.82. The molecule has 0 amide bonds. The normalized spacial score (nSPS) is 14.1. The van der Waals surface area contributed by atoms with E-state index in [4.69, 9.17) is 9.11 Å². The van der Waals surface area contributed by atoms with E-state index in [1.165, 1.54) is 12.1 Å². The molecule has 0 spiro atoms. The van der Waals surface area contributed by atoms with Gasteiger partial charge in [-0.25, -0.2) is 0 Å². The van der Waals surface area contributed by atoms with E-state index in [1.807, 2.05) is 24.2 Å². The summed E-state index contributed by atoms with van der Waals surface area (Å²) in [5, 5.41) is 0. The number of aryl methyl sites for hydroxylation is 1. The first kappa shape index (κ1) is 22.2. The maximum Gasteiger partial charge on any atom is 0.294 e. The maximum absolute atomic E-state index is 10.5. The van der Waals surface area contributed by atoms with Gasteiger partial charge in [-0.3, -0.25) is 9.11 Å². The molecule has 0 aliphatic carbocycles. The van der Waals surface area contributed by atoms with Crippen LogP contribution in [0.5, 0.6) is 0 Å². The summed E-state index contributed by atoms with van der Waals surface area (Å²) < 4.78 is 58.9. The van der Waals surface area contributed by atoms with Gasteiger partial charge in [0.05, 0.1) is 17.3 Å². The van der Waals surface area contributed by atoms with Crippen LogP contribution in [0.4, 0.5) is 0 Å². The Hall–Kier alpha value is -1.88. The fourth-order valence-electron chi connectivity index (χ4n) is 2.06. The van der Waals surface area contributed by atoms with E-state index >= 15 is 0 Å². The number of unbranched alkanes of at least 4 members (excludes halogenated alkanes) is 1. The van der Waals surface area contributed by atoms with Crippen molar-refractivity contribution in [1.82, 2.24) is 9.80 Å². The zero-order valence-electron chi connectivity index (χ0n) is 14.5. The zero-order valence-corrected chi connectivity index (χ0v) is 16.2. The molecule has 0 aromatic heterocycles. The summed E-state index contributed by atoms with van der Waals surface area (Å²) >= 11 is 0. The largest absolute Gasteiger partial charge is 0.358 e. The summed E-state index contributed by atoms with van der Waals surface area (Å²) in [6.07, 6.45) is 6.81. The molecular weight excluding hydrogens is 380 g/mol. The van der Waals surface area contributed by atoms with Crippen LogP contribution in [0.25, 0.3) is 0 Å². The SMILES string of the molecule is C=CN1C=CN(CCCCS(=O)(=O)O)C1.Cc1ccc(S(=O)(=O)O)cc1. The molecule has 1 aromatic rings. The maximum atomic E-state index is 10.5. The van der Waals surface area contributed by atoms with Crippen LogP contribution in [0.15, 0.2) is 54.3 Å². The second-order valence-electron chi connectivity index (χ2n) is 5.73. The minimum absolute atomic E-state index is 0.0666. The van der Waals surface area contributed by atoms with Crippen molar-refractivity contribution >= 4 is 20.2 Å². The fourth-order valence-corrected chi connectivity index (χ4v) is 3.11. The van der Waals surface area contributed by atoms with Gasteiger partial charge in [0.1, 0.15) is 0 Å². The Bertz CT molecular complexity index is 817. The lowest BCUT2D eigenvalue weighted by molar-refractivity contribution is 0.310. The van der Waals surface area contributed by atoms with Gasteiger partial charge < -0.3 is 9.80 Å². The fraction of sp³-hybridized carbons (Fsp3) is 0.375. The molecule has 0 saturated carbocycles. The average molecular weight is 405 g/mol. The molecule has 26 heavy (non-hydrogen) atoms.